The molecule has 5 heteroatoms. The Hall–Kier alpha value is -1.78. The normalized spacial score (nSPS) is 16.7. The quantitative estimate of drug-likeness (QED) is 0.452. The minimum atomic E-state index is 0.299. The molecule has 0 saturated carbocycles. The van der Waals surface area contributed by atoms with E-state index in [0.29, 0.717) is 5.92 Å². The van der Waals surface area contributed by atoms with E-state index in [0.717, 1.165) is 43.5 Å². The lowest BCUT2D eigenvalue weighted by Gasteiger charge is -2.16. The van der Waals surface area contributed by atoms with Crippen LogP contribution in [0.3, 0.4) is 0 Å². The van der Waals surface area contributed by atoms with Gasteiger partial charge in [0.25, 0.3) is 0 Å². The van der Waals surface area contributed by atoms with Crippen molar-refractivity contribution in [3.8, 4) is 0 Å². The average Bonchev–Trinajstić information content (AvgIpc) is 2.92. The zero-order chi connectivity index (χ0) is 17.4. The summed E-state index contributed by atoms with van der Waals surface area (Å²) in [5.41, 5.74) is 3.74. The molecule has 0 spiro atoms. The molecule has 0 amide bonds. The zero-order valence-corrected chi connectivity index (χ0v) is 15.6. The molecule has 2 rings (SSSR count). The third-order valence-electron chi connectivity index (χ3n) is 4.57. The molecule has 0 radical (unpaired) electrons. The maximum atomic E-state index is 5.27. The van der Waals surface area contributed by atoms with Gasteiger partial charge < -0.3 is 15.2 Å². The number of guanidine groups is 1. The largest absolute Gasteiger partial charge is 0.361 e. The summed E-state index contributed by atoms with van der Waals surface area (Å²) in [7, 11) is 0. The van der Waals surface area contributed by atoms with Crippen LogP contribution in [-0.4, -0.2) is 30.8 Å². The van der Waals surface area contributed by atoms with Crippen LogP contribution >= 0.6 is 0 Å². The molecule has 1 aliphatic rings. The highest BCUT2D eigenvalue weighted by Gasteiger charge is 2.16. The summed E-state index contributed by atoms with van der Waals surface area (Å²) >= 11 is 0. The van der Waals surface area contributed by atoms with Gasteiger partial charge in [0, 0.05) is 31.1 Å². The maximum absolute atomic E-state index is 5.27. The molecule has 1 aliphatic carbocycles. The van der Waals surface area contributed by atoms with Crippen molar-refractivity contribution in [3.05, 3.63) is 28.7 Å². The van der Waals surface area contributed by atoms with E-state index >= 15 is 0 Å². The fourth-order valence-electron chi connectivity index (χ4n) is 3.33. The van der Waals surface area contributed by atoms with Gasteiger partial charge >= 0.3 is 0 Å². The molecule has 1 atom stereocenters. The van der Waals surface area contributed by atoms with Crippen LogP contribution in [0.4, 0.5) is 0 Å². The van der Waals surface area contributed by atoms with Crippen LogP contribution in [0.15, 0.2) is 21.2 Å². The third kappa shape index (κ3) is 5.39. The smallest absolute Gasteiger partial charge is 0.191 e. The second-order valence-corrected chi connectivity index (χ2v) is 6.64. The Morgan fingerprint density at radius 3 is 2.79 bits per heavy atom. The van der Waals surface area contributed by atoms with Gasteiger partial charge in [-0.1, -0.05) is 23.7 Å². The molecule has 5 nitrogen and oxygen atoms in total. The van der Waals surface area contributed by atoms with Gasteiger partial charge in [0.1, 0.15) is 5.76 Å². The maximum Gasteiger partial charge on any atom is 0.191 e. The number of hydrogen-bond acceptors (Lipinski definition) is 3. The van der Waals surface area contributed by atoms with E-state index in [1.54, 1.807) is 5.57 Å². The summed E-state index contributed by atoms with van der Waals surface area (Å²) < 4.78 is 5.27. The lowest BCUT2D eigenvalue weighted by atomic mass is 9.97. The summed E-state index contributed by atoms with van der Waals surface area (Å²) in [4.78, 5) is 4.74. The Balaban J connectivity index is 1.86. The van der Waals surface area contributed by atoms with Crippen molar-refractivity contribution < 1.29 is 4.52 Å². The monoisotopic (exact) mass is 332 g/mol. The minimum Gasteiger partial charge on any atom is -0.361 e. The first-order chi connectivity index (χ1) is 11.6. The van der Waals surface area contributed by atoms with Crippen molar-refractivity contribution in [2.75, 3.05) is 19.6 Å². The summed E-state index contributed by atoms with van der Waals surface area (Å²) in [6.07, 6.45) is 8.73. The number of nitrogens with one attached hydrogen (secondary N) is 2. The van der Waals surface area contributed by atoms with E-state index in [-0.39, 0.29) is 0 Å². The number of nitrogens with zero attached hydrogens (tertiary/aromatic N) is 2. The molecule has 0 aromatic carbocycles. The van der Waals surface area contributed by atoms with Crippen molar-refractivity contribution in [2.45, 2.75) is 65.7 Å². The molecular formula is C19H32N4O. The summed E-state index contributed by atoms with van der Waals surface area (Å²) in [6, 6.07) is 0. The highest BCUT2D eigenvalue weighted by atomic mass is 16.5. The summed E-state index contributed by atoms with van der Waals surface area (Å²) in [5.74, 6) is 2.10. The van der Waals surface area contributed by atoms with Crippen LogP contribution < -0.4 is 10.6 Å². The van der Waals surface area contributed by atoms with Crippen molar-refractivity contribution in [1.29, 1.82) is 0 Å². The molecule has 0 fully saturated rings. The molecule has 1 heterocycles. The average molecular weight is 332 g/mol. The number of aromatic nitrogens is 1. The molecule has 1 aromatic rings. The predicted molar refractivity (Wildman–Crippen MR) is 99.5 cm³/mol. The highest BCUT2D eigenvalue weighted by molar-refractivity contribution is 5.79. The van der Waals surface area contributed by atoms with Gasteiger partial charge in [0.2, 0.25) is 0 Å². The number of rotatable bonds is 7. The van der Waals surface area contributed by atoms with E-state index in [1.807, 2.05) is 13.8 Å². The van der Waals surface area contributed by atoms with Crippen LogP contribution in [0.1, 0.15) is 68.9 Å². The van der Waals surface area contributed by atoms with E-state index in [4.69, 9.17) is 9.52 Å². The Bertz CT molecular complexity index is 554. The lowest BCUT2D eigenvalue weighted by Crippen LogP contribution is -2.38. The number of aliphatic imine (C=N–C) groups is 1. The fourth-order valence-corrected chi connectivity index (χ4v) is 3.33. The third-order valence-corrected chi connectivity index (χ3v) is 4.57. The van der Waals surface area contributed by atoms with E-state index in [2.05, 4.69) is 35.7 Å². The summed E-state index contributed by atoms with van der Waals surface area (Å²) in [6.45, 7) is 10.8. The van der Waals surface area contributed by atoms with E-state index in [9.17, 15) is 0 Å². The second kappa shape index (κ2) is 9.50. The second-order valence-electron chi connectivity index (χ2n) is 6.64. The van der Waals surface area contributed by atoms with Crippen LogP contribution in [-0.2, 0) is 0 Å². The van der Waals surface area contributed by atoms with Crippen LogP contribution in [0, 0.1) is 13.8 Å². The number of allylic oxidation sites excluding steroid dienone is 1. The molecular weight excluding hydrogens is 300 g/mol. The standard InChI is InChI=1S/C19H32N4O/c1-5-20-19(21-12-11-17-9-7-6-8-10-17)22-13-14(2)18-15(3)23-24-16(18)4/h9,14H,5-8,10-13H2,1-4H3,(H2,20,21,22). The summed E-state index contributed by atoms with van der Waals surface area (Å²) in [5, 5.41) is 10.8. The first kappa shape index (κ1) is 18.6. The van der Waals surface area contributed by atoms with Crippen molar-refractivity contribution in [3.63, 3.8) is 0 Å². The van der Waals surface area contributed by atoms with Gasteiger partial charge in [-0.3, -0.25) is 4.99 Å². The Morgan fingerprint density at radius 2 is 2.17 bits per heavy atom. The van der Waals surface area contributed by atoms with Gasteiger partial charge in [-0.25, -0.2) is 0 Å². The molecule has 2 N–H and O–H groups in total. The zero-order valence-electron chi connectivity index (χ0n) is 15.6. The lowest BCUT2D eigenvalue weighted by molar-refractivity contribution is 0.391. The van der Waals surface area contributed by atoms with Crippen LogP contribution in [0.5, 0.6) is 0 Å². The first-order valence-electron chi connectivity index (χ1n) is 9.24. The van der Waals surface area contributed by atoms with Crippen molar-refractivity contribution in [2.24, 2.45) is 4.99 Å². The molecule has 1 aromatic heterocycles. The Kier molecular flexibility index (Phi) is 7.35. The van der Waals surface area contributed by atoms with Crippen molar-refractivity contribution in [1.82, 2.24) is 15.8 Å². The first-order valence-corrected chi connectivity index (χ1v) is 9.24. The van der Waals surface area contributed by atoms with Gasteiger partial charge in [-0.15, -0.1) is 0 Å². The topological polar surface area (TPSA) is 62.5 Å². The molecule has 1 unspecified atom stereocenters. The molecule has 134 valence electrons. The highest BCUT2D eigenvalue weighted by Crippen LogP contribution is 2.23. The molecule has 24 heavy (non-hydrogen) atoms. The number of hydrogen-bond donors (Lipinski definition) is 2. The van der Waals surface area contributed by atoms with Crippen molar-refractivity contribution >= 4 is 5.96 Å². The Labute approximate surface area is 146 Å². The fraction of sp³-hybridized carbons (Fsp3) is 0.684. The molecule has 0 bridgehead atoms. The number of aryl methyl sites for hydroxylation is 2. The van der Waals surface area contributed by atoms with Gasteiger partial charge in [-0.05, 0) is 52.9 Å². The van der Waals surface area contributed by atoms with E-state index < -0.39 is 0 Å². The molecule has 0 saturated heterocycles. The predicted octanol–water partition coefficient (Wildman–Crippen LogP) is 3.84. The van der Waals surface area contributed by atoms with Crippen LogP contribution in [0.25, 0.3) is 0 Å². The van der Waals surface area contributed by atoms with Crippen LogP contribution in [0.2, 0.25) is 0 Å². The van der Waals surface area contributed by atoms with E-state index in [1.165, 1.54) is 31.2 Å². The van der Waals surface area contributed by atoms with Gasteiger partial charge in [0.15, 0.2) is 5.96 Å². The SMILES string of the molecule is CCNC(=NCC(C)c1c(C)noc1C)NCCC1=CCCCC1. The Morgan fingerprint density at radius 1 is 1.33 bits per heavy atom. The van der Waals surface area contributed by atoms with Gasteiger partial charge in [-0.2, -0.15) is 0 Å². The minimum absolute atomic E-state index is 0.299. The molecule has 0 aliphatic heterocycles. The van der Waals surface area contributed by atoms with Gasteiger partial charge in [0.05, 0.1) is 5.69 Å².